The van der Waals surface area contributed by atoms with Crippen LogP contribution in [0.3, 0.4) is 0 Å². The second-order valence-electron chi connectivity index (χ2n) is 4.15. The van der Waals surface area contributed by atoms with Gasteiger partial charge in [0.15, 0.2) is 0 Å². The third kappa shape index (κ3) is 1.62. The number of aryl methyl sites for hydroxylation is 1. The minimum atomic E-state index is 0.683. The van der Waals surface area contributed by atoms with Gasteiger partial charge >= 0.3 is 0 Å². The fourth-order valence-corrected chi connectivity index (χ4v) is 2.20. The second kappa shape index (κ2) is 3.52. The van der Waals surface area contributed by atoms with Gasteiger partial charge in [-0.15, -0.1) is 0 Å². The van der Waals surface area contributed by atoms with Gasteiger partial charge in [0.05, 0.1) is 12.2 Å². The van der Waals surface area contributed by atoms with E-state index in [9.17, 15) is 0 Å². The summed E-state index contributed by atoms with van der Waals surface area (Å²) in [7, 11) is 0. The third-order valence-corrected chi connectivity index (χ3v) is 3.21. The minimum absolute atomic E-state index is 0.683. The van der Waals surface area contributed by atoms with Gasteiger partial charge in [-0.25, -0.2) is 0 Å². The van der Waals surface area contributed by atoms with Crippen molar-refractivity contribution in [3.63, 3.8) is 0 Å². The molecule has 0 saturated heterocycles. The molecule has 0 aromatic carbocycles. The lowest BCUT2D eigenvalue weighted by molar-refractivity contribution is 0.324. The Kier molecular flexibility index (Phi) is 2.38. The van der Waals surface area contributed by atoms with Gasteiger partial charge in [0.25, 0.3) is 0 Å². The van der Waals surface area contributed by atoms with Gasteiger partial charge in [-0.2, -0.15) is 5.10 Å². The Morgan fingerprint density at radius 2 is 1.92 bits per heavy atom. The molecule has 0 bridgehead atoms. The fourth-order valence-electron chi connectivity index (χ4n) is 2.20. The van der Waals surface area contributed by atoms with E-state index < -0.39 is 0 Å². The summed E-state index contributed by atoms with van der Waals surface area (Å²) in [6.45, 7) is 4.32. The van der Waals surface area contributed by atoms with Crippen LogP contribution in [0.5, 0.6) is 0 Å². The van der Waals surface area contributed by atoms with Gasteiger partial charge in [0.2, 0.25) is 0 Å². The average molecular weight is 178 g/mol. The van der Waals surface area contributed by atoms with Crippen LogP contribution in [-0.4, -0.2) is 9.78 Å². The predicted octanol–water partition coefficient (Wildman–Crippen LogP) is 3.01. The van der Waals surface area contributed by atoms with Crippen molar-refractivity contribution in [2.24, 2.45) is 0 Å². The first-order valence-electron chi connectivity index (χ1n) is 5.30. The Balaban J connectivity index is 2.18. The SMILES string of the molecule is Cc1cnn(C2CCCCC2)c1C. The lowest BCUT2D eigenvalue weighted by Gasteiger charge is -2.23. The lowest BCUT2D eigenvalue weighted by atomic mass is 9.95. The Hall–Kier alpha value is -0.790. The monoisotopic (exact) mass is 178 g/mol. The third-order valence-electron chi connectivity index (χ3n) is 3.21. The molecule has 1 aliphatic carbocycles. The van der Waals surface area contributed by atoms with Gasteiger partial charge in [0, 0.05) is 5.69 Å². The molecule has 72 valence electrons. The van der Waals surface area contributed by atoms with Crippen molar-refractivity contribution in [3.05, 3.63) is 17.5 Å². The van der Waals surface area contributed by atoms with Crippen LogP contribution < -0.4 is 0 Å². The predicted molar refractivity (Wildman–Crippen MR) is 53.8 cm³/mol. The first-order valence-corrected chi connectivity index (χ1v) is 5.30. The standard InChI is InChI=1S/C11H18N2/c1-9-8-12-13(10(9)2)11-6-4-3-5-7-11/h8,11H,3-7H2,1-2H3. The number of aromatic nitrogens is 2. The van der Waals surface area contributed by atoms with Crippen LogP contribution in [0.4, 0.5) is 0 Å². The topological polar surface area (TPSA) is 17.8 Å². The van der Waals surface area contributed by atoms with Gasteiger partial charge in [0.1, 0.15) is 0 Å². The maximum Gasteiger partial charge on any atom is 0.0522 e. The first kappa shape index (κ1) is 8.79. The van der Waals surface area contributed by atoms with Crippen LogP contribution in [0.2, 0.25) is 0 Å². The van der Waals surface area contributed by atoms with Crippen LogP contribution in [0, 0.1) is 13.8 Å². The van der Waals surface area contributed by atoms with E-state index in [0.717, 1.165) is 0 Å². The molecule has 2 rings (SSSR count). The Morgan fingerprint density at radius 1 is 1.23 bits per heavy atom. The van der Waals surface area contributed by atoms with Crippen LogP contribution in [0.15, 0.2) is 6.20 Å². The maximum atomic E-state index is 4.46. The molecule has 2 heteroatoms. The summed E-state index contributed by atoms with van der Waals surface area (Å²) in [4.78, 5) is 0. The molecule has 1 aromatic rings. The zero-order valence-electron chi connectivity index (χ0n) is 8.58. The summed E-state index contributed by atoms with van der Waals surface area (Å²) < 4.78 is 2.23. The van der Waals surface area contributed by atoms with E-state index in [4.69, 9.17) is 0 Å². The van der Waals surface area contributed by atoms with E-state index in [2.05, 4.69) is 23.6 Å². The minimum Gasteiger partial charge on any atom is -0.267 e. The van der Waals surface area contributed by atoms with Crippen molar-refractivity contribution in [1.29, 1.82) is 0 Å². The average Bonchev–Trinajstić information content (AvgIpc) is 2.49. The van der Waals surface area contributed by atoms with Crippen molar-refractivity contribution in [2.75, 3.05) is 0 Å². The van der Waals surface area contributed by atoms with Gasteiger partial charge in [-0.3, -0.25) is 4.68 Å². The summed E-state index contributed by atoms with van der Waals surface area (Å²) in [6.07, 6.45) is 8.80. The molecule has 2 nitrogen and oxygen atoms in total. The first-order chi connectivity index (χ1) is 6.29. The molecule has 0 spiro atoms. The summed E-state index contributed by atoms with van der Waals surface area (Å²) in [5.41, 5.74) is 2.68. The summed E-state index contributed by atoms with van der Waals surface area (Å²) >= 11 is 0. The Labute approximate surface area is 80.0 Å². The van der Waals surface area contributed by atoms with E-state index in [1.54, 1.807) is 0 Å². The van der Waals surface area contributed by atoms with Gasteiger partial charge in [-0.05, 0) is 32.3 Å². The second-order valence-corrected chi connectivity index (χ2v) is 4.15. The fraction of sp³-hybridized carbons (Fsp3) is 0.727. The molecule has 0 amide bonds. The summed E-state index contributed by atoms with van der Waals surface area (Å²) in [5, 5.41) is 4.46. The number of rotatable bonds is 1. The molecule has 0 atom stereocenters. The zero-order chi connectivity index (χ0) is 9.26. The van der Waals surface area contributed by atoms with E-state index in [-0.39, 0.29) is 0 Å². The highest BCUT2D eigenvalue weighted by Crippen LogP contribution is 2.28. The summed E-state index contributed by atoms with van der Waals surface area (Å²) in [5.74, 6) is 0. The van der Waals surface area contributed by atoms with E-state index in [1.165, 1.54) is 43.4 Å². The van der Waals surface area contributed by atoms with Crippen LogP contribution >= 0.6 is 0 Å². The lowest BCUT2D eigenvalue weighted by Crippen LogP contribution is -2.15. The van der Waals surface area contributed by atoms with Crippen LogP contribution in [0.25, 0.3) is 0 Å². The molecule has 13 heavy (non-hydrogen) atoms. The molecule has 0 N–H and O–H groups in total. The van der Waals surface area contributed by atoms with E-state index >= 15 is 0 Å². The Bertz CT molecular complexity index is 282. The molecule has 1 fully saturated rings. The van der Waals surface area contributed by atoms with E-state index in [0.29, 0.717) is 6.04 Å². The molecule has 1 aliphatic rings. The van der Waals surface area contributed by atoms with Crippen LogP contribution in [-0.2, 0) is 0 Å². The molecule has 0 aliphatic heterocycles. The number of nitrogens with zero attached hydrogens (tertiary/aromatic N) is 2. The van der Waals surface area contributed by atoms with Crippen molar-refractivity contribution in [1.82, 2.24) is 9.78 Å². The summed E-state index contributed by atoms with van der Waals surface area (Å²) in [6, 6.07) is 0.683. The largest absolute Gasteiger partial charge is 0.267 e. The molecular weight excluding hydrogens is 160 g/mol. The van der Waals surface area contributed by atoms with E-state index in [1.807, 2.05) is 6.20 Å². The molecule has 0 radical (unpaired) electrons. The highest BCUT2D eigenvalue weighted by Gasteiger charge is 2.17. The Morgan fingerprint density at radius 3 is 2.46 bits per heavy atom. The molecule has 1 heterocycles. The van der Waals surface area contributed by atoms with Crippen molar-refractivity contribution >= 4 is 0 Å². The normalized spacial score (nSPS) is 19.2. The number of hydrogen-bond donors (Lipinski definition) is 0. The zero-order valence-corrected chi connectivity index (χ0v) is 8.58. The molecule has 1 saturated carbocycles. The van der Waals surface area contributed by atoms with Crippen LogP contribution in [0.1, 0.15) is 49.4 Å². The highest BCUT2D eigenvalue weighted by atomic mass is 15.3. The highest BCUT2D eigenvalue weighted by molar-refractivity contribution is 5.14. The molecular formula is C11H18N2. The quantitative estimate of drug-likeness (QED) is 0.646. The van der Waals surface area contributed by atoms with Crippen molar-refractivity contribution < 1.29 is 0 Å². The van der Waals surface area contributed by atoms with Crippen molar-refractivity contribution in [2.45, 2.75) is 52.0 Å². The maximum absolute atomic E-state index is 4.46. The smallest absolute Gasteiger partial charge is 0.0522 e. The van der Waals surface area contributed by atoms with Gasteiger partial charge < -0.3 is 0 Å². The molecule has 0 unspecified atom stereocenters. The van der Waals surface area contributed by atoms with Gasteiger partial charge in [-0.1, -0.05) is 19.3 Å². The van der Waals surface area contributed by atoms with Crippen molar-refractivity contribution in [3.8, 4) is 0 Å². The molecule has 1 aromatic heterocycles. The number of hydrogen-bond acceptors (Lipinski definition) is 1.